The molecule has 2 aliphatic rings. The van der Waals surface area contributed by atoms with E-state index in [0.717, 1.165) is 32.7 Å². The first-order chi connectivity index (χ1) is 13.7. The van der Waals surface area contributed by atoms with E-state index in [9.17, 15) is 9.59 Å². The molecule has 6 nitrogen and oxygen atoms in total. The number of hydrogen-bond donors (Lipinski definition) is 0. The molecule has 28 heavy (non-hydrogen) atoms. The van der Waals surface area contributed by atoms with Gasteiger partial charge in [0.05, 0.1) is 29.8 Å². The monoisotopic (exact) mass is 374 g/mol. The van der Waals surface area contributed by atoms with Crippen LogP contribution >= 0.6 is 0 Å². The summed E-state index contributed by atoms with van der Waals surface area (Å²) in [5.41, 5.74) is 2.50. The zero-order valence-corrected chi connectivity index (χ0v) is 15.6. The first-order valence-electron chi connectivity index (χ1n) is 9.53. The molecule has 1 atom stereocenters. The molecule has 2 heterocycles. The maximum absolute atomic E-state index is 12.9. The van der Waals surface area contributed by atoms with E-state index >= 15 is 0 Å². The molecule has 0 bridgehead atoms. The molecule has 2 saturated heterocycles. The highest BCUT2D eigenvalue weighted by Crippen LogP contribution is 2.26. The Balaban J connectivity index is 1.35. The van der Waals surface area contributed by atoms with E-state index in [0.29, 0.717) is 11.3 Å². The molecule has 2 aromatic rings. The summed E-state index contributed by atoms with van der Waals surface area (Å²) in [6.45, 7) is 4.06. The van der Waals surface area contributed by atoms with Crippen LogP contribution in [0.1, 0.15) is 17.5 Å². The standard InChI is InChI=1S/C22H22N4O2/c23-15-17-6-8-18(9-7-17)16-24-10-12-25(13-11-24)20-14-21(27)26(22(20)28)19-4-2-1-3-5-19/h1-9,20H,10-14,16H2/t20-/m1/s1. The number of carbonyl (C=O) groups excluding carboxylic acids is 2. The van der Waals surface area contributed by atoms with Crippen LogP contribution < -0.4 is 4.90 Å². The number of benzene rings is 2. The highest BCUT2D eigenvalue weighted by atomic mass is 16.2. The fraction of sp³-hybridized carbons (Fsp3) is 0.318. The minimum atomic E-state index is -0.357. The van der Waals surface area contributed by atoms with E-state index in [-0.39, 0.29) is 24.3 Å². The van der Waals surface area contributed by atoms with Crippen LogP contribution in [0.15, 0.2) is 54.6 Å². The number of hydrogen-bond acceptors (Lipinski definition) is 5. The molecule has 4 rings (SSSR count). The third kappa shape index (κ3) is 3.68. The van der Waals surface area contributed by atoms with Crippen molar-refractivity contribution >= 4 is 17.5 Å². The van der Waals surface area contributed by atoms with E-state index in [1.807, 2.05) is 42.5 Å². The third-order valence-electron chi connectivity index (χ3n) is 5.47. The van der Waals surface area contributed by atoms with Crippen LogP contribution in [0.5, 0.6) is 0 Å². The van der Waals surface area contributed by atoms with Crippen molar-refractivity contribution in [1.29, 1.82) is 5.26 Å². The Hall–Kier alpha value is -3.01. The first kappa shape index (κ1) is 18.4. The van der Waals surface area contributed by atoms with Crippen LogP contribution in [0, 0.1) is 11.3 Å². The fourth-order valence-electron chi connectivity index (χ4n) is 3.93. The Labute approximate surface area is 164 Å². The number of carbonyl (C=O) groups is 2. The molecule has 0 radical (unpaired) electrons. The van der Waals surface area contributed by atoms with Crippen molar-refractivity contribution in [2.45, 2.75) is 19.0 Å². The summed E-state index contributed by atoms with van der Waals surface area (Å²) in [7, 11) is 0. The molecular weight excluding hydrogens is 352 g/mol. The van der Waals surface area contributed by atoms with Crippen molar-refractivity contribution in [1.82, 2.24) is 9.80 Å². The number of rotatable bonds is 4. The normalized spacial score (nSPS) is 21.1. The molecule has 0 unspecified atom stereocenters. The lowest BCUT2D eigenvalue weighted by atomic mass is 10.1. The highest BCUT2D eigenvalue weighted by molar-refractivity contribution is 6.22. The van der Waals surface area contributed by atoms with E-state index in [2.05, 4.69) is 15.9 Å². The summed E-state index contributed by atoms with van der Waals surface area (Å²) >= 11 is 0. The maximum atomic E-state index is 12.9. The van der Waals surface area contributed by atoms with Crippen molar-refractivity contribution < 1.29 is 9.59 Å². The van der Waals surface area contributed by atoms with Gasteiger partial charge >= 0.3 is 0 Å². The maximum Gasteiger partial charge on any atom is 0.251 e. The number of amides is 2. The molecule has 0 aromatic heterocycles. The predicted octanol–water partition coefficient (Wildman–Crippen LogP) is 2.01. The van der Waals surface area contributed by atoms with Crippen LogP contribution in [0.25, 0.3) is 0 Å². The number of para-hydroxylation sites is 1. The summed E-state index contributed by atoms with van der Waals surface area (Å²) < 4.78 is 0. The van der Waals surface area contributed by atoms with Crippen molar-refractivity contribution in [2.24, 2.45) is 0 Å². The molecule has 0 aliphatic carbocycles. The smallest absolute Gasteiger partial charge is 0.251 e. The first-order valence-corrected chi connectivity index (χ1v) is 9.53. The average molecular weight is 374 g/mol. The summed E-state index contributed by atoms with van der Waals surface area (Å²) in [5, 5.41) is 8.89. The van der Waals surface area contributed by atoms with E-state index in [1.165, 1.54) is 10.5 Å². The minimum Gasteiger partial charge on any atom is -0.297 e. The van der Waals surface area contributed by atoms with Gasteiger partial charge in [0.15, 0.2) is 0 Å². The van der Waals surface area contributed by atoms with Crippen LogP contribution in [-0.4, -0.2) is 53.8 Å². The van der Waals surface area contributed by atoms with Gasteiger partial charge in [0.1, 0.15) is 0 Å². The lowest BCUT2D eigenvalue weighted by Crippen LogP contribution is -2.52. The van der Waals surface area contributed by atoms with Gasteiger partial charge in [-0.15, -0.1) is 0 Å². The molecule has 6 heteroatoms. The summed E-state index contributed by atoms with van der Waals surface area (Å²) in [5.74, 6) is -0.238. The highest BCUT2D eigenvalue weighted by Gasteiger charge is 2.43. The van der Waals surface area contributed by atoms with Crippen molar-refractivity contribution in [3.63, 3.8) is 0 Å². The Morgan fingerprint density at radius 1 is 0.929 bits per heavy atom. The van der Waals surface area contributed by atoms with Gasteiger partial charge in [0.25, 0.3) is 5.91 Å². The largest absolute Gasteiger partial charge is 0.297 e. The molecule has 0 N–H and O–H groups in total. The number of imide groups is 1. The quantitative estimate of drug-likeness (QED) is 0.766. The molecule has 2 aromatic carbocycles. The second kappa shape index (κ2) is 7.93. The fourth-order valence-corrected chi connectivity index (χ4v) is 3.93. The third-order valence-corrected chi connectivity index (χ3v) is 5.47. The molecular formula is C22H22N4O2. The van der Waals surface area contributed by atoms with Gasteiger partial charge < -0.3 is 0 Å². The van der Waals surface area contributed by atoms with Gasteiger partial charge in [-0.3, -0.25) is 19.4 Å². The summed E-state index contributed by atoms with van der Waals surface area (Å²) in [6, 6.07) is 18.6. The lowest BCUT2D eigenvalue weighted by molar-refractivity contribution is -0.123. The Kier molecular flexibility index (Phi) is 5.20. The van der Waals surface area contributed by atoms with Gasteiger partial charge in [0.2, 0.25) is 5.91 Å². The van der Waals surface area contributed by atoms with Gasteiger partial charge in [-0.1, -0.05) is 30.3 Å². The van der Waals surface area contributed by atoms with Crippen molar-refractivity contribution in [3.8, 4) is 6.07 Å². The molecule has 0 spiro atoms. The average Bonchev–Trinajstić information content (AvgIpc) is 3.04. The predicted molar refractivity (Wildman–Crippen MR) is 105 cm³/mol. The minimum absolute atomic E-state index is 0.114. The van der Waals surface area contributed by atoms with E-state index in [1.54, 1.807) is 12.1 Å². The summed E-state index contributed by atoms with van der Waals surface area (Å²) in [6.07, 6.45) is 0.253. The number of piperazine rings is 1. The van der Waals surface area contributed by atoms with Crippen molar-refractivity contribution in [2.75, 3.05) is 31.1 Å². The number of anilines is 1. The Morgan fingerprint density at radius 3 is 2.25 bits per heavy atom. The molecule has 2 fully saturated rings. The zero-order valence-electron chi connectivity index (χ0n) is 15.6. The molecule has 2 amide bonds. The SMILES string of the molecule is N#Cc1ccc(CN2CCN([C@@H]3CC(=O)N(c4ccccc4)C3=O)CC2)cc1. The Morgan fingerprint density at radius 2 is 1.61 bits per heavy atom. The number of nitrogens with zero attached hydrogens (tertiary/aromatic N) is 4. The van der Waals surface area contributed by atoms with Crippen LogP contribution in [0.3, 0.4) is 0 Å². The van der Waals surface area contributed by atoms with Gasteiger partial charge in [-0.25, -0.2) is 4.90 Å². The number of nitriles is 1. The van der Waals surface area contributed by atoms with Crippen molar-refractivity contribution in [3.05, 3.63) is 65.7 Å². The van der Waals surface area contributed by atoms with E-state index in [4.69, 9.17) is 5.26 Å². The van der Waals surface area contributed by atoms with Gasteiger partial charge in [-0.05, 0) is 29.8 Å². The second-order valence-corrected chi connectivity index (χ2v) is 7.24. The zero-order chi connectivity index (χ0) is 19.5. The summed E-state index contributed by atoms with van der Waals surface area (Å²) in [4.78, 5) is 31.1. The topological polar surface area (TPSA) is 67.7 Å². The second-order valence-electron chi connectivity index (χ2n) is 7.24. The lowest BCUT2D eigenvalue weighted by Gasteiger charge is -2.37. The van der Waals surface area contributed by atoms with Crippen LogP contribution in [0.2, 0.25) is 0 Å². The Bertz CT molecular complexity index is 896. The van der Waals surface area contributed by atoms with Crippen LogP contribution in [-0.2, 0) is 16.1 Å². The van der Waals surface area contributed by atoms with Crippen LogP contribution in [0.4, 0.5) is 5.69 Å². The van der Waals surface area contributed by atoms with Gasteiger partial charge in [-0.2, -0.15) is 5.26 Å². The molecule has 2 aliphatic heterocycles. The van der Waals surface area contributed by atoms with E-state index < -0.39 is 0 Å². The molecule has 142 valence electrons. The van der Waals surface area contributed by atoms with Gasteiger partial charge in [0, 0.05) is 32.7 Å². The molecule has 0 saturated carbocycles.